The normalized spacial score (nSPS) is 27.6. The lowest BCUT2D eigenvalue weighted by Gasteiger charge is -2.36. The van der Waals surface area contributed by atoms with Gasteiger partial charge in [0, 0.05) is 19.5 Å². The third-order valence-electron chi connectivity index (χ3n) is 5.09. The molecule has 0 saturated carbocycles. The summed E-state index contributed by atoms with van der Waals surface area (Å²) in [6, 6.07) is 5.80. The summed E-state index contributed by atoms with van der Waals surface area (Å²) in [5.74, 6) is -1.59. The molecular weight excluding hydrogens is 324 g/mol. The zero-order valence-electron chi connectivity index (χ0n) is 14.4. The molecule has 136 valence electrons. The Kier molecular flexibility index (Phi) is 4.81. The highest BCUT2D eigenvalue weighted by atomic mass is 16.4. The topological polar surface area (TPSA) is 101 Å². The Morgan fingerprint density at radius 3 is 2.48 bits per heavy atom. The SMILES string of the molecule is CC(C)[C@@H](C(=O)N1C[C@H](O)C[C@H]1C(=O)O)N1Cc2ccccc2C1O. The summed E-state index contributed by atoms with van der Waals surface area (Å²) in [5.41, 5.74) is 1.74. The molecule has 0 aliphatic carbocycles. The number of aliphatic carboxylic acids is 1. The molecule has 1 unspecified atom stereocenters. The summed E-state index contributed by atoms with van der Waals surface area (Å²) < 4.78 is 0. The molecule has 0 radical (unpaired) electrons. The molecule has 25 heavy (non-hydrogen) atoms. The fraction of sp³-hybridized carbons (Fsp3) is 0.556. The smallest absolute Gasteiger partial charge is 0.326 e. The molecule has 0 bridgehead atoms. The highest BCUT2D eigenvalue weighted by Gasteiger charge is 2.46. The van der Waals surface area contributed by atoms with Crippen LogP contribution in [0.4, 0.5) is 0 Å². The van der Waals surface area contributed by atoms with E-state index < -0.39 is 30.4 Å². The Hall–Kier alpha value is -1.96. The number of benzene rings is 1. The first-order chi connectivity index (χ1) is 11.8. The van der Waals surface area contributed by atoms with Gasteiger partial charge >= 0.3 is 5.97 Å². The second kappa shape index (κ2) is 6.74. The van der Waals surface area contributed by atoms with Gasteiger partial charge in [0.15, 0.2) is 0 Å². The third-order valence-corrected chi connectivity index (χ3v) is 5.09. The molecule has 0 spiro atoms. The monoisotopic (exact) mass is 348 g/mol. The number of aliphatic hydroxyl groups is 2. The van der Waals surface area contributed by atoms with Crippen molar-refractivity contribution >= 4 is 11.9 Å². The maximum absolute atomic E-state index is 13.1. The molecular formula is C18H24N2O5. The van der Waals surface area contributed by atoms with E-state index in [0.717, 1.165) is 11.1 Å². The van der Waals surface area contributed by atoms with Crippen molar-refractivity contribution in [2.24, 2.45) is 5.92 Å². The second-order valence-electron chi connectivity index (χ2n) is 7.17. The molecule has 2 aliphatic heterocycles. The van der Waals surface area contributed by atoms with Crippen LogP contribution in [0.25, 0.3) is 0 Å². The molecule has 3 rings (SSSR count). The number of β-amino-alcohol motifs (C(OH)–C–C–N with tert-alkyl or cyclic N) is 1. The number of nitrogens with zero attached hydrogens (tertiary/aromatic N) is 2. The first-order valence-corrected chi connectivity index (χ1v) is 8.54. The molecule has 4 atom stereocenters. The lowest BCUT2D eigenvalue weighted by molar-refractivity contribution is -0.154. The largest absolute Gasteiger partial charge is 0.480 e. The van der Waals surface area contributed by atoms with E-state index in [-0.39, 0.29) is 24.8 Å². The summed E-state index contributed by atoms with van der Waals surface area (Å²) in [6.07, 6.45) is -1.70. The van der Waals surface area contributed by atoms with Crippen LogP contribution in [0.15, 0.2) is 24.3 Å². The van der Waals surface area contributed by atoms with Crippen molar-refractivity contribution in [2.75, 3.05) is 6.54 Å². The highest BCUT2D eigenvalue weighted by Crippen LogP contribution is 2.36. The van der Waals surface area contributed by atoms with Gasteiger partial charge in [0.25, 0.3) is 0 Å². The fourth-order valence-corrected chi connectivity index (χ4v) is 3.91. The van der Waals surface area contributed by atoms with Crippen LogP contribution in [-0.4, -0.2) is 61.7 Å². The predicted molar refractivity (Wildman–Crippen MR) is 89.3 cm³/mol. The molecule has 1 fully saturated rings. The standard InChI is InChI=1S/C18H24N2O5/c1-10(2)15(17(23)19-9-12(21)7-14(19)18(24)25)20-8-11-5-3-4-6-13(11)16(20)22/h3-6,10,12,14-16,21-22H,7-9H2,1-2H3,(H,24,25)/t12-,14+,15+,16?/m1/s1. The van der Waals surface area contributed by atoms with Gasteiger partial charge in [0.1, 0.15) is 12.3 Å². The van der Waals surface area contributed by atoms with Gasteiger partial charge in [-0.25, -0.2) is 4.79 Å². The van der Waals surface area contributed by atoms with Crippen LogP contribution in [0.3, 0.4) is 0 Å². The molecule has 1 amide bonds. The number of aliphatic hydroxyl groups excluding tert-OH is 2. The van der Waals surface area contributed by atoms with E-state index in [2.05, 4.69) is 0 Å². The Morgan fingerprint density at radius 1 is 1.20 bits per heavy atom. The molecule has 2 heterocycles. The van der Waals surface area contributed by atoms with Crippen molar-refractivity contribution in [1.82, 2.24) is 9.80 Å². The number of fused-ring (bicyclic) bond motifs is 1. The van der Waals surface area contributed by atoms with Gasteiger partial charge < -0.3 is 20.2 Å². The Labute approximate surface area is 146 Å². The van der Waals surface area contributed by atoms with Crippen molar-refractivity contribution in [3.8, 4) is 0 Å². The van der Waals surface area contributed by atoms with Crippen LogP contribution in [0.2, 0.25) is 0 Å². The van der Waals surface area contributed by atoms with E-state index in [1.54, 1.807) is 4.90 Å². The van der Waals surface area contributed by atoms with Crippen molar-refractivity contribution < 1.29 is 24.9 Å². The van der Waals surface area contributed by atoms with E-state index in [4.69, 9.17) is 0 Å². The molecule has 2 aliphatic rings. The summed E-state index contributed by atoms with van der Waals surface area (Å²) in [5, 5.41) is 29.9. The number of carbonyl (C=O) groups is 2. The quantitative estimate of drug-likeness (QED) is 0.735. The van der Waals surface area contributed by atoms with Crippen molar-refractivity contribution in [3.63, 3.8) is 0 Å². The van der Waals surface area contributed by atoms with E-state index in [1.165, 1.54) is 4.90 Å². The van der Waals surface area contributed by atoms with Crippen molar-refractivity contribution in [2.45, 2.75) is 51.2 Å². The summed E-state index contributed by atoms with van der Waals surface area (Å²) in [4.78, 5) is 27.5. The van der Waals surface area contributed by atoms with E-state index in [1.807, 2.05) is 38.1 Å². The molecule has 1 aromatic rings. The van der Waals surface area contributed by atoms with E-state index >= 15 is 0 Å². The van der Waals surface area contributed by atoms with Crippen LogP contribution in [0.5, 0.6) is 0 Å². The van der Waals surface area contributed by atoms with Crippen LogP contribution in [0.1, 0.15) is 37.6 Å². The van der Waals surface area contributed by atoms with Gasteiger partial charge in [0.05, 0.1) is 12.1 Å². The third kappa shape index (κ3) is 3.15. The molecule has 1 saturated heterocycles. The highest BCUT2D eigenvalue weighted by molar-refractivity contribution is 5.88. The van der Waals surface area contributed by atoms with Crippen LogP contribution < -0.4 is 0 Å². The Morgan fingerprint density at radius 2 is 1.88 bits per heavy atom. The molecule has 7 heteroatoms. The summed E-state index contributed by atoms with van der Waals surface area (Å²) in [7, 11) is 0. The zero-order chi connectivity index (χ0) is 18.3. The van der Waals surface area contributed by atoms with Gasteiger partial charge in [0.2, 0.25) is 5.91 Å². The van der Waals surface area contributed by atoms with Gasteiger partial charge in [-0.3, -0.25) is 9.69 Å². The Balaban J connectivity index is 1.87. The van der Waals surface area contributed by atoms with Crippen molar-refractivity contribution in [1.29, 1.82) is 0 Å². The first kappa shape index (κ1) is 17.8. The van der Waals surface area contributed by atoms with Crippen LogP contribution in [-0.2, 0) is 16.1 Å². The fourth-order valence-electron chi connectivity index (χ4n) is 3.91. The second-order valence-corrected chi connectivity index (χ2v) is 7.17. The Bertz CT molecular complexity index is 677. The number of hydrogen-bond donors (Lipinski definition) is 3. The average molecular weight is 348 g/mol. The minimum Gasteiger partial charge on any atom is -0.480 e. The lowest BCUT2D eigenvalue weighted by atomic mass is 10.0. The number of amides is 1. The van der Waals surface area contributed by atoms with Gasteiger partial charge in [-0.15, -0.1) is 0 Å². The minimum absolute atomic E-state index is 0.00983. The van der Waals surface area contributed by atoms with Gasteiger partial charge in [-0.1, -0.05) is 38.1 Å². The van der Waals surface area contributed by atoms with Crippen LogP contribution in [0, 0.1) is 5.92 Å². The van der Waals surface area contributed by atoms with Crippen LogP contribution >= 0.6 is 0 Å². The summed E-state index contributed by atoms with van der Waals surface area (Å²) in [6.45, 7) is 4.19. The number of carbonyl (C=O) groups excluding carboxylic acids is 1. The lowest BCUT2D eigenvalue weighted by Crippen LogP contribution is -2.53. The number of rotatable bonds is 4. The zero-order valence-corrected chi connectivity index (χ0v) is 14.4. The minimum atomic E-state index is -1.11. The molecule has 1 aromatic carbocycles. The maximum atomic E-state index is 13.1. The number of carboxylic acids is 1. The van der Waals surface area contributed by atoms with E-state index in [9.17, 15) is 24.9 Å². The molecule has 7 nitrogen and oxygen atoms in total. The molecule has 3 N–H and O–H groups in total. The van der Waals surface area contributed by atoms with E-state index in [0.29, 0.717) is 6.54 Å². The van der Waals surface area contributed by atoms with Gasteiger partial charge in [-0.05, 0) is 17.0 Å². The van der Waals surface area contributed by atoms with Gasteiger partial charge in [-0.2, -0.15) is 0 Å². The number of likely N-dealkylation sites (tertiary alicyclic amines) is 1. The number of carboxylic acid groups (broad SMARTS) is 1. The van der Waals surface area contributed by atoms with Crippen molar-refractivity contribution in [3.05, 3.63) is 35.4 Å². The summed E-state index contributed by atoms with van der Waals surface area (Å²) >= 11 is 0. The first-order valence-electron chi connectivity index (χ1n) is 8.54. The maximum Gasteiger partial charge on any atom is 0.326 e. The average Bonchev–Trinajstić information content (AvgIpc) is 3.09. The molecule has 0 aromatic heterocycles. The predicted octanol–water partition coefficient (Wildman–Crippen LogP) is 0.564. The number of hydrogen-bond acceptors (Lipinski definition) is 5.